The first-order valence-corrected chi connectivity index (χ1v) is 6.39. The third kappa shape index (κ3) is 10.2. The van der Waals surface area contributed by atoms with E-state index in [4.69, 9.17) is 0 Å². The van der Waals surface area contributed by atoms with E-state index >= 15 is 0 Å². The quantitative estimate of drug-likeness (QED) is 0.446. The topological polar surface area (TPSA) is 23.1 Å². The Morgan fingerprint density at radius 1 is 1.07 bits per heavy atom. The minimum absolute atomic E-state index is 0.138. The Balaban J connectivity index is 3.64. The van der Waals surface area contributed by atoms with Crippen LogP contribution in [0.1, 0.15) is 52.9 Å². The smallest absolute Gasteiger partial charge is 0.0782 e. The molecule has 0 saturated carbocycles. The number of nitrogens with zero attached hydrogens (tertiary/aromatic N) is 1. The van der Waals surface area contributed by atoms with E-state index in [9.17, 15) is 5.21 Å². The summed E-state index contributed by atoms with van der Waals surface area (Å²) >= 11 is 0. The van der Waals surface area contributed by atoms with E-state index in [-0.39, 0.29) is 4.65 Å². The van der Waals surface area contributed by atoms with Crippen LogP contribution in [-0.4, -0.2) is 25.3 Å². The standard InChI is InChI=1S/C13H29NO/c1-6-13(9-7-8-12(2)3)10-11-14(4,5)15/h12-13H,6-11H2,1-5H3. The lowest BCUT2D eigenvalue weighted by molar-refractivity contribution is -0.840. The number of hydrogen-bond acceptors (Lipinski definition) is 1. The Labute approximate surface area is 95.8 Å². The van der Waals surface area contributed by atoms with Crippen LogP contribution in [0, 0.1) is 17.0 Å². The van der Waals surface area contributed by atoms with E-state index in [1.165, 1.54) is 25.7 Å². The van der Waals surface area contributed by atoms with Crippen LogP contribution in [-0.2, 0) is 0 Å². The maximum atomic E-state index is 11.4. The normalized spacial score (nSPS) is 14.6. The molecule has 1 unspecified atom stereocenters. The Kier molecular flexibility index (Phi) is 7.20. The number of hydroxylamine groups is 3. The van der Waals surface area contributed by atoms with Crippen molar-refractivity contribution in [2.75, 3.05) is 20.6 Å². The summed E-state index contributed by atoms with van der Waals surface area (Å²) in [5.74, 6) is 1.57. The summed E-state index contributed by atoms with van der Waals surface area (Å²) in [5.41, 5.74) is 0. The molecular formula is C13H29NO. The molecule has 2 heteroatoms. The zero-order valence-electron chi connectivity index (χ0n) is 11.3. The van der Waals surface area contributed by atoms with Gasteiger partial charge in [-0.2, -0.15) is 0 Å². The summed E-state index contributed by atoms with van der Waals surface area (Å²) in [6.45, 7) is 7.56. The van der Waals surface area contributed by atoms with Gasteiger partial charge < -0.3 is 9.85 Å². The minimum Gasteiger partial charge on any atom is -0.633 e. The fourth-order valence-corrected chi connectivity index (χ4v) is 1.86. The summed E-state index contributed by atoms with van der Waals surface area (Å²) in [4.78, 5) is 0. The first-order valence-electron chi connectivity index (χ1n) is 6.39. The highest BCUT2D eigenvalue weighted by Crippen LogP contribution is 2.19. The first-order chi connectivity index (χ1) is 6.85. The molecule has 0 spiro atoms. The van der Waals surface area contributed by atoms with Gasteiger partial charge in [-0.05, 0) is 18.3 Å². The molecule has 0 aromatic carbocycles. The van der Waals surface area contributed by atoms with Crippen molar-refractivity contribution < 1.29 is 4.65 Å². The van der Waals surface area contributed by atoms with Crippen molar-refractivity contribution in [3.05, 3.63) is 5.21 Å². The van der Waals surface area contributed by atoms with Crippen molar-refractivity contribution in [2.24, 2.45) is 11.8 Å². The van der Waals surface area contributed by atoms with Gasteiger partial charge in [-0.3, -0.25) is 0 Å². The maximum absolute atomic E-state index is 11.4. The fraction of sp³-hybridized carbons (Fsp3) is 1.00. The van der Waals surface area contributed by atoms with Gasteiger partial charge in [0.1, 0.15) is 0 Å². The van der Waals surface area contributed by atoms with Crippen LogP contribution in [0.15, 0.2) is 0 Å². The second kappa shape index (κ2) is 7.24. The largest absolute Gasteiger partial charge is 0.633 e. The molecule has 0 bridgehead atoms. The van der Waals surface area contributed by atoms with Gasteiger partial charge in [-0.1, -0.05) is 46.5 Å². The lowest BCUT2D eigenvalue weighted by Crippen LogP contribution is -2.34. The summed E-state index contributed by atoms with van der Waals surface area (Å²) in [7, 11) is 3.47. The molecule has 0 rings (SSSR count). The Bertz CT molecular complexity index is 149. The monoisotopic (exact) mass is 215 g/mol. The molecule has 0 aliphatic carbocycles. The maximum Gasteiger partial charge on any atom is 0.0782 e. The molecule has 2 nitrogen and oxygen atoms in total. The van der Waals surface area contributed by atoms with E-state index in [2.05, 4.69) is 20.8 Å². The van der Waals surface area contributed by atoms with Crippen LogP contribution in [0.2, 0.25) is 0 Å². The first kappa shape index (κ1) is 14.9. The molecule has 1 atom stereocenters. The van der Waals surface area contributed by atoms with Crippen molar-refractivity contribution in [3.8, 4) is 0 Å². The SMILES string of the molecule is CCC(CCCC(C)C)CC[N+](C)(C)[O-]. The van der Waals surface area contributed by atoms with Crippen LogP contribution in [0.25, 0.3) is 0 Å². The average molecular weight is 215 g/mol. The van der Waals surface area contributed by atoms with Crippen molar-refractivity contribution in [2.45, 2.75) is 52.9 Å². The van der Waals surface area contributed by atoms with E-state index in [0.717, 1.165) is 24.8 Å². The molecule has 0 aliphatic rings. The zero-order chi connectivity index (χ0) is 11.9. The lowest BCUT2D eigenvalue weighted by atomic mass is 9.93. The van der Waals surface area contributed by atoms with Gasteiger partial charge in [0.05, 0.1) is 20.6 Å². The average Bonchev–Trinajstić information content (AvgIpc) is 2.08. The number of rotatable bonds is 8. The summed E-state index contributed by atoms with van der Waals surface area (Å²) in [5, 5.41) is 11.4. The van der Waals surface area contributed by atoms with E-state index in [0.29, 0.717) is 0 Å². The van der Waals surface area contributed by atoms with Crippen LogP contribution in [0.3, 0.4) is 0 Å². The third-order valence-corrected chi connectivity index (χ3v) is 3.05. The Morgan fingerprint density at radius 3 is 2.07 bits per heavy atom. The molecule has 0 aromatic rings. The second-order valence-electron chi connectivity index (χ2n) is 5.69. The predicted molar refractivity (Wildman–Crippen MR) is 67.4 cm³/mol. The summed E-state index contributed by atoms with van der Waals surface area (Å²) < 4.78 is -0.138. The van der Waals surface area contributed by atoms with Crippen molar-refractivity contribution in [1.29, 1.82) is 0 Å². The van der Waals surface area contributed by atoms with Crippen molar-refractivity contribution >= 4 is 0 Å². The zero-order valence-corrected chi connectivity index (χ0v) is 11.3. The van der Waals surface area contributed by atoms with E-state index in [1.54, 1.807) is 14.1 Å². The molecule has 0 heterocycles. The van der Waals surface area contributed by atoms with Crippen LogP contribution in [0.5, 0.6) is 0 Å². The van der Waals surface area contributed by atoms with Gasteiger partial charge in [0.15, 0.2) is 0 Å². The van der Waals surface area contributed by atoms with Crippen molar-refractivity contribution in [3.63, 3.8) is 0 Å². The summed E-state index contributed by atoms with van der Waals surface area (Å²) in [6.07, 6.45) is 6.26. The van der Waals surface area contributed by atoms with Gasteiger partial charge in [0.25, 0.3) is 0 Å². The number of quaternary nitrogens is 1. The van der Waals surface area contributed by atoms with Crippen LogP contribution >= 0.6 is 0 Å². The highest BCUT2D eigenvalue weighted by molar-refractivity contribution is 4.58. The van der Waals surface area contributed by atoms with E-state index < -0.39 is 0 Å². The molecule has 0 radical (unpaired) electrons. The molecule has 15 heavy (non-hydrogen) atoms. The molecule has 0 N–H and O–H groups in total. The molecule has 0 amide bonds. The molecule has 0 fully saturated rings. The fourth-order valence-electron chi connectivity index (χ4n) is 1.86. The highest BCUT2D eigenvalue weighted by Gasteiger charge is 2.10. The van der Waals surface area contributed by atoms with Gasteiger partial charge in [-0.15, -0.1) is 0 Å². The molecule has 92 valence electrons. The number of hydrogen-bond donors (Lipinski definition) is 0. The van der Waals surface area contributed by atoms with Gasteiger partial charge >= 0.3 is 0 Å². The Hall–Kier alpha value is -0.0800. The molecule has 0 aliphatic heterocycles. The predicted octanol–water partition coefficient (Wildman–Crippen LogP) is 3.80. The van der Waals surface area contributed by atoms with Gasteiger partial charge in [0.2, 0.25) is 0 Å². The Morgan fingerprint density at radius 2 is 1.67 bits per heavy atom. The minimum atomic E-state index is -0.138. The third-order valence-electron chi connectivity index (χ3n) is 3.05. The van der Waals surface area contributed by atoms with Crippen LogP contribution < -0.4 is 0 Å². The second-order valence-corrected chi connectivity index (χ2v) is 5.69. The molecule has 0 aromatic heterocycles. The van der Waals surface area contributed by atoms with Gasteiger partial charge in [0, 0.05) is 0 Å². The van der Waals surface area contributed by atoms with E-state index in [1.807, 2.05) is 0 Å². The van der Waals surface area contributed by atoms with Crippen molar-refractivity contribution in [1.82, 2.24) is 0 Å². The highest BCUT2D eigenvalue weighted by atomic mass is 16.5. The van der Waals surface area contributed by atoms with Gasteiger partial charge in [-0.25, -0.2) is 0 Å². The van der Waals surface area contributed by atoms with Crippen LogP contribution in [0.4, 0.5) is 0 Å². The molecular weight excluding hydrogens is 186 g/mol. The molecule has 0 saturated heterocycles. The lowest BCUT2D eigenvalue weighted by Gasteiger charge is -2.35. The summed E-state index contributed by atoms with van der Waals surface area (Å²) in [6, 6.07) is 0.